The van der Waals surface area contributed by atoms with Gasteiger partial charge in [0.05, 0.1) is 17.0 Å². The number of likely N-dealkylation sites (tertiary alicyclic amines) is 1. The Hall–Kier alpha value is -0.880. The van der Waals surface area contributed by atoms with E-state index in [0.29, 0.717) is 0 Å². The predicted octanol–water partition coefficient (Wildman–Crippen LogP) is 3.16. The van der Waals surface area contributed by atoms with Crippen molar-refractivity contribution < 1.29 is 13.2 Å². The molecule has 1 aromatic heterocycles. The van der Waals surface area contributed by atoms with Crippen LogP contribution < -0.4 is 0 Å². The molecule has 1 saturated heterocycles. The van der Waals surface area contributed by atoms with Crippen LogP contribution in [-0.2, 0) is 14.6 Å². The molecule has 0 radical (unpaired) electrons. The Kier molecular flexibility index (Phi) is 4.88. The summed E-state index contributed by atoms with van der Waals surface area (Å²) in [7, 11) is -3.10. The second-order valence-corrected chi connectivity index (χ2v) is 9.51. The lowest BCUT2D eigenvalue weighted by molar-refractivity contribution is -0.131. The van der Waals surface area contributed by atoms with Gasteiger partial charge in [-0.3, -0.25) is 4.79 Å². The summed E-state index contributed by atoms with van der Waals surface area (Å²) in [5, 5.41) is 3.92. The van der Waals surface area contributed by atoms with E-state index in [4.69, 9.17) is 0 Å². The molecule has 0 N–H and O–H groups in total. The van der Waals surface area contributed by atoms with Crippen molar-refractivity contribution >= 4 is 27.1 Å². The molecule has 0 spiro atoms. The van der Waals surface area contributed by atoms with Crippen LogP contribution in [0.3, 0.4) is 0 Å². The maximum atomic E-state index is 12.5. The number of amides is 1. The van der Waals surface area contributed by atoms with Crippen molar-refractivity contribution in [3.05, 3.63) is 22.4 Å². The second kappa shape index (κ2) is 6.71. The maximum absolute atomic E-state index is 12.5. The van der Waals surface area contributed by atoms with E-state index in [9.17, 15) is 13.2 Å². The molecule has 2 fully saturated rings. The molecule has 6 heteroatoms. The highest BCUT2D eigenvalue weighted by molar-refractivity contribution is 7.92. The SMILES string of the molecule is O=C(CCS(=O)(=O)C1CCCC1)N1CCC[C@H]1c1ccsc1. The third-order valence-electron chi connectivity index (χ3n) is 4.91. The van der Waals surface area contributed by atoms with Crippen molar-refractivity contribution in [2.24, 2.45) is 0 Å². The van der Waals surface area contributed by atoms with Crippen LogP contribution in [0.5, 0.6) is 0 Å². The van der Waals surface area contributed by atoms with Crippen molar-refractivity contribution in [1.29, 1.82) is 0 Å². The molecule has 3 rings (SSSR count). The molecule has 0 aromatic carbocycles. The van der Waals surface area contributed by atoms with Gasteiger partial charge in [-0.1, -0.05) is 12.8 Å². The number of thiophene rings is 1. The summed E-state index contributed by atoms with van der Waals surface area (Å²) in [6.45, 7) is 0.753. The average Bonchev–Trinajstić information content (AvgIpc) is 3.26. The van der Waals surface area contributed by atoms with Crippen molar-refractivity contribution in [3.63, 3.8) is 0 Å². The fourth-order valence-electron chi connectivity index (χ4n) is 3.66. The molecule has 1 aromatic rings. The summed E-state index contributed by atoms with van der Waals surface area (Å²) in [5.74, 6) is 0.0128. The number of carbonyl (C=O) groups excluding carboxylic acids is 1. The first kappa shape index (κ1) is 16.0. The number of rotatable bonds is 5. The molecular formula is C16H23NO3S2. The van der Waals surface area contributed by atoms with E-state index in [2.05, 4.69) is 11.4 Å². The standard InChI is InChI=1S/C16H23NO3S2/c18-16(8-11-22(19,20)14-4-1-2-5-14)17-9-3-6-15(17)13-7-10-21-12-13/h7,10,12,14-15H,1-6,8-9,11H2/t15-/m0/s1. The van der Waals surface area contributed by atoms with Crippen LogP contribution >= 0.6 is 11.3 Å². The lowest BCUT2D eigenvalue weighted by Gasteiger charge is -2.24. The molecule has 2 aliphatic rings. The van der Waals surface area contributed by atoms with Crippen LogP contribution in [0.1, 0.15) is 56.6 Å². The van der Waals surface area contributed by atoms with E-state index in [1.54, 1.807) is 11.3 Å². The normalized spacial score (nSPS) is 23.3. The highest BCUT2D eigenvalue weighted by Gasteiger charge is 2.33. The third kappa shape index (κ3) is 3.38. The summed E-state index contributed by atoms with van der Waals surface area (Å²) >= 11 is 1.64. The largest absolute Gasteiger partial charge is 0.336 e. The van der Waals surface area contributed by atoms with Gasteiger partial charge in [0.15, 0.2) is 9.84 Å². The Balaban J connectivity index is 1.59. The minimum Gasteiger partial charge on any atom is -0.336 e. The van der Waals surface area contributed by atoms with E-state index in [-0.39, 0.29) is 29.4 Å². The summed E-state index contributed by atoms with van der Waals surface area (Å²) in [5.41, 5.74) is 1.19. The molecule has 1 saturated carbocycles. The minimum atomic E-state index is -3.10. The van der Waals surface area contributed by atoms with Crippen LogP contribution in [-0.4, -0.2) is 36.8 Å². The van der Waals surface area contributed by atoms with Gasteiger partial charge in [-0.15, -0.1) is 0 Å². The van der Waals surface area contributed by atoms with Gasteiger partial charge in [-0.05, 0) is 48.1 Å². The number of hydrogen-bond donors (Lipinski definition) is 0. The van der Waals surface area contributed by atoms with Crippen LogP contribution in [0.25, 0.3) is 0 Å². The van der Waals surface area contributed by atoms with Gasteiger partial charge in [-0.2, -0.15) is 11.3 Å². The van der Waals surface area contributed by atoms with Gasteiger partial charge < -0.3 is 4.90 Å². The van der Waals surface area contributed by atoms with E-state index in [1.165, 1.54) is 5.56 Å². The van der Waals surface area contributed by atoms with Gasteiger partial charge in [0.2, 0.25) is 5.91 Å². The average molecular weight is 341 g/mol. The third-order valence-corrected chi connectivity index (χ3v) is 7.87. The molecule has 0 bridgehead atoms. The van der Waals surface area contributed by atoms with Crippen molar-refractivity contribution in [3.8, 4) is 0 Å². The lowest BCUT2D eigenvalue weighted by Crippen LogP contribution is -2.32. The Morgan fingerprint density at radius 3 is 2.68 bits per heavy atom. The van der Waals surface area contributed by atoms with Crippen LogP contribution in [0.2, 0.25) is 0 Å². The fraction of sp³-hybridized carbons (Fsp3) is 0.688. The van der Waals surface area contributed by atoms with Crippen molar-refractivity contribution in [2.45, 2.75) is 56.2 Å². The first-order valence-electron chi connectivity index (χ1n) is 8.11. The number of hydrogen-bond acceptors (Lipinski definition) is 4. The zero-order valence-corrected chi connectivity index (χ0v) is 14.4. The molecule has 2 heterocycles. The zero-order valence-electron chi connectivity index (χ0n) is 12.7. The maximum Gasteiger partial charge on any atom is 0.224 e. The predicted molar refractivity (Wildman–Crippen MR) is 88.7 cm³/mol. The van der Waals surface area contributed by atoms with Crippen LogP contribution in [0.15, 0.2) is 16.8 Å². The summed E-state index contributed by atoms with van der Waals surface area (Å²) in [4.78, 5) is 14.4. The van der Waals surface area contributed by atoms with Gasteiger partial charge >= 0.3 is 0 Å². The fourth-order valence-corrected chi connectivity index (χ4v) is 6.21. The Morgan fingerprint density at radius 1 is 1.23 bits per heavy atom. The monoisotopic (exact) mass is 341 g/mol. The van der Waals surface area contributed by atoms with Gasteiger partial charge in [0.1, 0.15) is 0 Å². The number of carbonyl (C=O) groups is 1. The van der Waals surface area contributed by atoms with E-state index >= 15 is 0 Å². The smallest absolute Gasteiger partial charge is 0.224 e. The van der Waals surface area contributed by atoms with Crippen molar-refractivity contribution in [1.82, 2.24) is 4.90 Å². The van der Waals surface area contributed by atoms with Gasteiger partial charge in [-0.25, -0.2) is 8.42 Å². The van der Waals surface area contributed by atoms with Gasteiger partial charge in [0.25, 0.3) is 0 Å². The molecule has 1 aliphatic carbocycles. The minimum absolute atomic E-state index is 0.00438. The molecule has 1 aliphatic heterocycles. The zero-order chi connectivity index (χ0) is 15.6. The Labute approximate surface area is 136 Å². The summed E-state index contributed by atoms with van der Waals surface area (Å²) < 4.78 is 24.6. The molecule has 0 unspecified atom stereocenters. The lowest BCUT2D eigenvalue weighted by atomic mass is 10.1. The molecule has 22 heavy (non-hydrogen) atoms. The topological polar surface area (TPSA) is 54.5 Å². The Bertz CT molecular complexity index is 603. The summed E-state index contributed by atoms with van der Waals surface area (Å²) in [6, 6.07) is 2.21. The molecule has 4 nitrogen and oxygen atoms in total. The summed E-state index contributed by atoms with van der Waals surface area (Å²) in [6.07, 6.45) is 5.68. The number of sulfone groups is 1. The van der Waals surface area contributed by atoms with Crippen LogP contribution in [0.4, 0.5) is 0 Å². The molecule has 1 atom stereocenters. The van der Waals surface area contributed by atoms with E-state index in [0.717, 1.165) is 45.1 Å². The van der Waals surface area contributed by atoms with Crippen molar-refractivity contribution in [2.75, 3.05) is 12.3 Å². The highest BCUT2D eigenvalue weighted by atomic mass is 32.2. The first-order valence-corrected chi connectivity index (χ1v) is 10.8. The Morgan fingerprint density at radius 2 is 2.00 bits per heavy atom. The highest BCUT2D eigenvalue weighted by Crippen LogP contribution is 2.33. The molecular weight excluding hydrogens is 318 g/mol. The first-order chi connectivity index (χ1) is 10.6. The quantitative estimate of drug-likeness (QED) is 0.826. The van der Waals surface area contributed by atoms with Gasteiger partial charge in [0, 0.05) is 13.0 Å². The molecule has 1 amide bonds. The van der Waals surface area contributed by atoms with E-state index in [1.807, 2.05) is 10.3 Å². The number of nitrogens with zero attached hydrogens (tertiary/aromatic N) is 1. The second-order valence-electron chi connectivity index (χ2n) is 6.33. The molecule has 122 valence electrons. The van der Waals surface area contributed by atoms with Crippen LogP contribution in [0, 0.1) is 0 Å². The van der Waals surface area contributed by atoms with E-state index < -0.39 is 9.84 Å².